The maximum Gasteiger partial charge on any atom is 0.147 e. The van der Waals surface area contributed by atoms with Crippen LogP contribution in [-0.2, 0) is 0 Å². The summed E-state index contributed by atoms with van der Waals surface area (Å²) in [6, 6.07) is 2.05. The number of hydrogen-bond donors (Lipinski definition) is 1. The van der Waals surface area contributed by atoms with Crippen molar-refractivity contribution in [2.24, 2.45) is 5.92 Å². The van der Waals surface area contributed by atoms with Crippen LogP contribution in [0.4, 0.5) is 5.82 Å². The Morgan fingerprint density at radius 2 is 2.21 bits per heavy atom. The van der Waals surface area contributed by atoms with E-state index in [2.05, 4.69) is 32.5 Å². The number of anilines is 1. The third-order valence-corrected chi connectivity index (χ3v) is 4.87. The molecule has 0 aromatic carbocycles. The van der Waals surface area contributed by atoms with Crippen LogP contribution in [0.3, 0.4) is 0 Å². The molecule has 102 valence electrons. The topological polar surface area (TPSA) is 41.0 Å². The van der Waals surface area contributed by atoms with E-state index in [9.17, 15) is 0 Å². The number of rotatable bonds is 4. The Morgan fingerprint density at radius 3 is 3.00 bits per heavy atom. The molecule has 4 nitrogen and oxygen atoms in total. The molecule has 1 saturated heterocycles. The van der Waals surface area contributed by atoms with Gasteiger partial charge in [-0.25, -0.2) is 9.97 Å². The van der Waals surface area contributed by atoms with Crippen LogP contribution in [0.25, 0.3) is 10.2 Å². The van der Waals surface area contributed by atoms with Crippen molar-refractivity contribution in [1.82, 2.24) is 14.9 Å². The molecule has 0 saturated carbocycles. The van der Waals surface area contributed by atoms with E-state index in [4.69, 9.17) is 0 Å². The molecule has 0 aliphatic carbocycles. The molecule has 3 rings (SSSR count). The summed E-state index contributed by atoms with van der Waals surface area (Å²) in [4.78, 5) is 11.2. The van der Waals surface area contributed by atoms with Crippen LogP contribution in [0.15, 0.2) is 17.8 Å². The highest BCUT2D eigenvalue weighted by Crippen LogP contribution is 2.25. The van der Waals surface area contributed by atoms with Gasteiger partial charge < -0.3 is 10.2 Å². The van der Waals surface area contributed by atoms with Gasteiger partial charge in [0.15, 0.2) is 0 Å². The number of fused-ring (bicyclic) bond motifs is 1. The second-order valence-corrected chi connectivity index (χ2v) is 6.03. The monoisotopic (exact) mass is 276 g/mol. The summed E-state index contributed by atoms with van der Waals surface area (Å²) in [6.45, 7) is 6.93. The highest BCUT2D eigenvalue weighted by Gasteiger charge is 2.18. The summed E-state index contributed by atoms with van der Waals surface area (Å²) in [6.07, 6.45) is 4.23. The van der Waals surface area contributed by atoms with Crippen molar-refractivity contribution in [3.8, 4) is 0 Å². The van der Waals surface area contributed by atoms with Crippen molar-refractivity contribution in [3.63, 3.8) is 0 Å². The molecule has 1 N–H and O–H groups in total. The minimum atomic E-state index is 0.771. The van der Waals surface area contributed by atoms with E-state index >= 15 is 0 Å². The number of likely N-dealkylation sites (tertiary alicyclic amines) is 1. The molecule has 5 heteroatoms. The van der Waals surface area contributed by atoms with E-state index in [0.29, 0.717) is 0 Å². The largest absolute Gasteiger partial charge is 0.369 e. The summed E-state index contributed by atoms with van der Waals surface area (Å²) in [5, 5.41) is 5.59. The summed E-state index contributed by atoms with van der Waals surface area (Å²) in [7, 11) is 0. The van der Waals surface area contributed by atoms with Gasteiger partial charge in [0.1, 0.15) is 12.1 Å². The van der Waals surface area contributed by atoms with Gasteiger partial charge in [-0.15, -0.1) is 11.3 Å². The summed E-state index contributed by atoms with van der Waals surface area (Å²) >= 11 is 1.71. The van der Waals surface area contributed by atoms with Crippen LogP contribution in [0.2, 0.25) is 0 Å². The lowest BCUT2D eigenvalue weighted by molar-refractivity contribution is 0.198. The Balaban J connectivity index is 1.59. The van der Waals surface area contributed by atoms with E-state index in [1.54, 1.807) is 17.7 Å². The molecule has 1 aliphatic rings. The smallest absolute Gasteiger partial charge is 0.147 e. The van der Waals surface area contributed by atoms with Gasteiger partial charge in [-0.1, -0.05) is 6.92 Å². The maximum absolute atomic E-state index is 4.37. The fraction of sp³-hybridized carbons (Fsp3) is 0.571. The predicted octanol–water partition coefficient (Wildman–Crippen LogP) is 2.84. The second-order valence-electron chi connectivity index (χ2n) is 5.12. The average Bonchev–Trinajstić information content (AvgIpc) is 2.94. The molecule has 0 radical (unpaired) electrons. The lowest BCUT2D eigenvalue weighted by Crippen LogP contribution is -2.35. The zero-order chi connectivity index (χ0) is 13.1. The van der Waals surface area contributed by atoms with Crippen molar-refractivity contribution >= 4 is 27.4 Å². The van der Waals surface area contributed by atoms with Crippen LogP contribution in [0.1, 0.15) is 19.8 Å². The van der Waals surface area contributed by atoms with Gasteiger partial charge in [-0.2, -0.15) is 0 Å². The molecule has 1 fully saturated rings. The van der Waals surface area contributed by atoms with Crippen molar-refractivity contribution < 1.29 is 0 Å². The van der Waals surface area contributed by atoms with E-state index in [1.807, 2.05) is 6.07 Å². The first-order chi connectivity index (χ1) is 9.36. The molecule has 0 bridgehead atoms. The van der Waals surface area contributed by atoms with Gasteiger partial charge in [-0.3, -0.25) is 0 Å². The summed E-state index contributed by atoms with van der Waals surface area (Å²) < 4.78 is 1.17. The lowest BCUT2D eigenvalue weighted by atomic mass is 9.97. The Bertz CT molecular complexity index is 531. The quantitative estimate of drug-likeness (QED) is 0.932. The molecule has 0 spiro atoms. The van der Waals surface area contributed by atoms with E-state index < -0.39 is 0 Å². The first-order valence-electron chi connectivity index (χ1n) is 7.01. The van der Waals surface area contributed by atoms with Crippen LogP contribution < -0.4 is 5.32 Å². The Hall–Kier alpha value is -1.20. The molecule has 1 aliphatic heterocycles. The molecule has 2 aromatic rings. The fourth-order valence-electron chi connectivity index (χ4n) is 2.66. The van der Waals surface area contributed by atoms with Gasteiger partial charge in [0.2, 0.25) is 0 Å². The number of nitrogens with zero attached hydrogens (tertiary/aromatic N) is 3. The van der Waals surface area contributed by atoms with Crippen molar-refractivity contribution in [2.75, 3.05) is 31.5 Å². The lowest BCUT2D eigenvalue weighted by Gasteiger charge is -2.31. The molecule has 0 amide bonds. The molecule has 0 unspecified atom stereocenters. The van der Waals surface area contributed by atoms with Crippen molar-refractivity contribution in [2.45, 2.75) is 19.8 Å². The van der Waals surface area contributed by atoms with Gasteiger partial charge >= 0.3 is 0 Å². The van der Waals surface area contributed by atoms with Gasteiger partial charge in [0.05, 0.1) is 10.2 Å². The molecule has 0 atom stereocenters. The second kappa shape index (κ2) is 5.84. The normalized spacial score (nSPS) is 17.9. The third kappa shape index (κ3) is 2.87. The first-order valence-corrected chi connectivity index (χ1v) is 7.89. The fourth-order valence-corrected chi connectivity index (χ4v) is 3.47. The predicted molar refractivity (Wildman–Crippen MR) is 80.7 cm³/mol. The number of thiophene rings is 1. The standard InChI is InChI=1S/C14H20N4S/c1-2-18-6-3-11(4-7-18)9-15-14-13-12(5-8-19-13)16-10-17-14/h5,8,10-11H,2-4,6-7,9H2,1H3,(H,15,16,17). The SMILES string of the molecule is CCN1CCC(CNc2ncnc3ccsc23)CC1. The minimum absolute atomic E-state index is 0.771. The summed E-state index contributed by atoms with van der Waals surface area (Å²) in [5.74, 6) is 1.77. The molecular formula is C14H20N4S. The third-order valence-electron chi connectivity index (χ3n) is 3.96. The first kappa shape index (κ1) is 12.8. The van der Waals surface area contributed by atoms with E-state index in [0.717, 1.165) is 23.8 Å². The number of aromatic nitrogens is 2. The van der Waals surface area contributed by atoms with Crippen LogP contribution in [0.5, 0.6) is 0 Å². The van der Waals surface area contributed by atoms with Gasteiger partial charge in [-0.05, 0) is 49.8 Å². The zero-order valence-electron chi connectivity index (χ0n) is 11.3. The van der Waals surface area contributed by atoms with Crippen molar-refractivity contribution in [3.05, 3.63) is 17.8 Å². The van der Waals surface area contributed by atoms with Crippen LogP contribution >= 0.6 is 11.3 Å². The number of nitrogens with one attached hydrogen (secondary N) is 1. The van der Waals surface area contributed by atoms with E-state index in [-0.39, 0.29) is 0 Å². The Kier molecular flexibility index (Phi) is 3.94. The zero-order valence-corrected chi connectivity index (χ0v) is 12.1. The molecular weight excluding hydrogens is 256 g/mol. The average molecular weight is 276 g/mol. The number of hydrogen-bond acceptors (Lipinski definition) is 5. The molecule has 2 aromatic heterocycles. The maximum atomic E-state index is 4.37. The summed E-state index contributed by atoms with van der Waals surface area (Å²) in [5.41, 5.74) is 1.04. The van der Waals surface area contributed by atoms with Gasteiger partial charge in [0.25, 0.3) is 0 Å². The van der Waals surface area contributed by atoms with Crippen molar-refractivity contribution in [1.29, 1.82) is 0 Å². The molecule has 3 heterocycles. The van der Waals surface area contributed by atoms with E-state index in [1.165, 1.54) is 37.2 Å². The number of piperidine rings is 1. The Morgan fingerprint density at radius 1 is 1.37 bits per heavy atom. The van der Waals surface area contributed by atoms with Crippen LogP contribution in [-0.4, -0.2) is 41.0 Å². The van der Waals surface area contributed by atoms with Crippen LogP contribution in [0, 0.1) is 5.92 Å². The van der Waals surface area contributed by atoms with Gasteiger partial charge in [0, 0.05) is 6.54 Å². The molecule has 19 heavy (non-hydrogen) atoms. The highest BCUT2D eigenvalue weighted by atomic mass is 32.1. The Labute approximate surface area is 117 Å². The highest BCUT2D eigenvalue weighted by molar-refractivity contribution is 7.17. The minimum Gasteiger partial charge on any atom is -0.369 e.